The van der Waals surface area contributed by atoms with Crippen molar-refractivity contribution < 1.29 is 18.3 Å². The van der Waals surface area contributed by atoms with Crippen LogP contribution in [-0.4, -0.2) is 43.0 Å². The minimum absolute atomic E-state index is 0.0773. The lowest BCUT2D eigenvalue weighted by Crippen LogP contribution is -2.41. The summed E-state index contributed by atoms with van der Waals surface area (Å²) in [5, 5.41) is 3.16. The summed E-state index contributed by atoms with van der Waals surface area (Å²) >= 11 is 5.76. The Bertz CT molecular complexity index is 1150. The lowest BCUT2D eigenvalue weighted by Gasteiger charge is -2.30. The van der Waals surface area contributed by atoms with Crippen molar-refractivity contribution in [1.29, 1.82) is 0 Å². The van der Waals surface area contributed by atoms with Gasteiger partial charge in [0, 0.05) is 31.5 Å². The number of benzene rings is 1. The molecular formula is C20H20ClN5O4S. The second-order valence-electron chi connectivity index (χ2n) is 6.93. The number of rotatable bonds is 6. The Morgan fingerprint density at radius 3 is 2.90 bits per heavy atom. The van der Waals surface area contributed by atoms with Crippen molar-refractivity contribution in [3.05, 3.63) is 71.0 Å². The number of pyridine rings is 1. The maximum Gasteiger partial charge on any atom is 0.271 e. The second kappa shape index (κ2) is 8.75. The second-order valence-corrected chi connectivity index (χ2v) is 9.25. The molecule has 0 saturated heterocycles. The number of hydrogen-bond donors (Lipinski definition) is 1. The summed E-state index contributed by atoms with van der Waals surface area (Å²) in [6.45, 7) is 1.04. The normalized spacial score (nSPS) is 15.7. The highest BCUT2D eigenvalue weighted by molar-refractivity contribution is 7.95. The summed E-state index contributed by atoms with van der Waals surface area (Å²) in [6, 6.07) is 9.76. The molecule has 1 unspecified atom stereocenters. The van der Waals surface area contributed by atoms with Crippen molar-refractivity contribution in [3.8, 4) is 5.75 Å². The Balaban J connectivity index is 1.45. The number of halogens is 1. The first-order valence-corrected chi connectivity index (χ1v) is 11.3. The Morgan fingerprint density at radius 1 is 1.32 bits per heavy atom. The van der Waals surface area contributed by atoms with Gasteiger partial charge in [-0.1, -0.05) is 27.9 Å². The van der Waals surface area contributed by atoms with E-state index in [1.54, 1.807) is 41.2 Å². The summed E-state index contributed by atoms with van der Waals surface area (Å²) in [5.41, 5.74) is 1.04. The Hall–Kier alpha value is -2.79. The quantitative estimate of drug-likeness (QED) is 0.445. The number of nitrogens with one attached hydrogen (secondary N) is 1. The van der Waals surface area contributed by atoms with Gasteiger partial charge in [0.15, 0.2) is 15.3 Å². The molecular weight excluding hydrogens is 442 g/mol. The van der Waals surface area contributed by atoms with E-state index in [0.717, 1.165) is 5.56 Å². The van der Waals surface area contributed by atoms with Gasteiger partial charge in [0.2, 0.25) is 0 Å². The molecule has 1 N–H and O–H groups in total. The molecule has 3 heterocycles. The van der Waals surface area contributed by atoms with Crippen molar-refractivity contribution in [2.45, 2.75) is 24.5 Å². The van der Waals surface area contributed by atoms with Crippen molar-refractivity contribution in [2.75, 3.05) is 13.7 Å². The smallest absolute Gasteiger partial charge is 0.271 e. The SMILES string of the molecule is COc1cccc([S+](=O)([O-])N2CCn3cc(C(=O)NCc4ccc(Cl)nc4)nc3C2)c1. The van der Waals surface area contributed by atoms with Crippen LogP contribution in [0, 0.1) is 0 Å². The summed E-state index contributed by atoms with van der Waals surface area (Å²) in [6.07, 6.45) is 3.22. The van der Waals surface area contributed by atoms with Crippen LogP contribution in [0.3, 0.4) is 0 Å². The van der Waals surface area contributed by atoms with Crippen molar-refractivity contribution in [3.63, 3.8) is 0 Å². The predicted octanol–water partition coefficient (Wildman–Crippen LogP) is 2.29. The fourth-order valence-corrected chi connectivity index (χ4v) is 4.77. The van der Waals surface area contributed by atoms with Gasteiger partial charge in [-0.15, -0.1) is 4.31 Å². The van der Waals surface area contributed by atoms with Crippen LogP contribution < -0.4 is 10.1 Å². The van der Waals surface area contributed by atoms with Crippen molar-refractivity contribution in [1.82, 2.24) is 24.2 Å². The zero-order valence-electron chi connectivity index (χ0n) is 16.7. The van der Waals surface area contributed by atoms with E-state index in [2.05, 4.69) is 15.3 Å². The molecule has 31 heavy (non-hydrogen) atoms. The third-order valence-corrected chi connectivity index (χ3v) is 6.99. The third kappa shape index (κ3) is 4.62. The number of imidazole rings is 1. The number of nitrogens with zero attached hydrogens (tertiary/aromatic N) is 4. The molecule has 3 aromatic rings. The largest absolute Gasteiger partial charge is 0.593 e. The molecule has 0 spiro atoms. The van der Waals surface area contributed by atoms with Gasteiger partial charge >= 0.3 is 0 Å². The number of carbonyl (C=O) groups excluding carboxylic acids is 1. The first kappa shape index (κ1) is 21.4. The van der Waals surface area contributed by atoms with Gasteiger partial charge in [-0.2, -0.15) is 0 Å². The van der Waals surface area contributed by atoms with E-state index in [0.29, 0.717) is 23.3 Å². The highest BCUT2D eigenvalue weighted by Crippen LogP contribution is 2.28. The maximum atomic E-state index is 13.0. The molecule has 11 heteroatoms. The maximum absolute atomic E-state index is 13.0. The van der Waals surface area contributed by atoms with Crippen LogP contribution in [0.2, 0.25) is 5.15 Å². The summed E-state index contributed by atoms with van der Waals surface area (Å²) in [7, 11) is -2.23. The lowest BCUT2D eigenvalue weighted by atomic mass is 10.3. The van der Waals surface area contributed by atoms with Crippen molar-refractivity contribution >= 4 is 27.9 Å². The first-order chi connectivity index (χ1) is 14.9. The summed E-state index contributed by atoms with van der Waals surface area (Å²) in [4.78, 5) is 21.0. The number of carbonyl (C=O) groups is 1. The van der Waals surface area contributed by atoms with E-state index in [1.165, 1.54) is 23.5 Å². The molecule has 1 aromatic carbocycles. The average molecular weight is 462 g/mol. The molecule has 9 nitrogen and oxygen atoms in total. The molecule has 162 valence electrons. The van der Waals surface area contributed by atoms with Gasteiger partial charge in [0.25, 0.3) is 5.91 Å². The molecule has 1 aliphatic heterocycles. The zero-order chi connectivity index (χ0) is 22.0. The number of ether oxygens (including phenoxy) is 1. The fourth-order valence-electron chi connectivity index (χ4n) is 3.24. The van der Waals surface area contributed by atoms with Crippen LogP contribution in [-0.2, 0) is 34.2 Å². The standard InChI is InChI=1S/C20H20ClN5O4S/c1-30-15-3-2-4-16(9-15)31(28,29)26-8-7-25-12-17(24-19(25)13-26)20(27)23-11-14-5-6-18(21)22-10-14/h2-6,9-10,12H,7-8,11,13H2,1H3,(H-,23,27,28,29). The zero-order valence-corrected chi connectivity index (χ0v) is 18.2. The fraction of sp³-hybridized carbons (Fsp3) is 0.250. The minimum atomic E-state index is -3.72. The molecule has 1 atom stereocenters. The lowest BCUT2D eigenvalue weighted by molar-refractivity contribution is 0.0946. The van der Waals surface area contributed by atoms with Gasteiger partial charge in [-0.25, -0.2) is 9.97 Å². The molecule has 0 radical (unpaired) electrons. The topological polar surface area (TPSA) is 112 Å². The van der Waals surface area contributed by atoms with E-state index in [4.69, 9.17) is 16.3 Å². The number of fused-ring (bicyclic) bond motifs is 1. The van der Waals surface area contributed by atoms with E-state index in [1.807, 2.05) is 0 Å². The Labute approximate surface area is 185 Å². The van der Waals surface area contributed by atoms with Crippen LogP contribution >= 0.6 is 11.6 Å². The highest BCUT2D eigenvalue weighted by Gasteiger charge is 2.35. The van der Waals surface area contributed by atoms with Gasteiger partial charge in [0.05, 0.1) is 13.7 Å². The number of amides is 1. The molecule has 1 aliphatic rings. The molecule has 0 saturated carbocycles. The highest BCUT2D eigenvalue weighted by atomic mass is 35.5. The van der Waals surface area contributed by atoms with Crippen LogP contribution in [0.15, 0.2) is 53.7 Å². The van der Waals surface area contributed by atoms with Gasteiger partial charge in [-0.05, 0) is 23.8 Å². The summed E-state index contributed by atoms with van der Waals surface area (Å²) in [5.74, 6) is 0.629. The van der Waals surface area contributed by atoms with Crippen LogP contribution in [0.1, 0.15) is 21.9 Å². The van der Waals surface area contributed by atoms with Crippen LogP contribution in [0.25, 0.3) is 0 Å². The van der Waals surface area contributed by atoms with E-state index < -0.39 is 10.4 Å². The van der Waals surface area contributed by atoms with Gasteiger partial charge in [0.1, 0.15) is 29.0 Å². The summed E-state index contributed by atoms with van der Waals surface area (Å²) < 4.78 is 34.3. The minimum Gasteiger partial charge on any atom is -0.593 e. The first-order valence-electron chi connectivity index (χ1n) is 9.46. The average Bonchev–Trinajstić information content (AvgIpc) is 3.22. The predicted molar refractivity (Wildman–Crippen MR) is 113 cm³/mol. The van der Waals surface area contributed by atoms with Crippen LogP contribution in [0.4, 0.5) is 0 Å². The van der Waals surface area contributed by atoms with E-state index in [9.17, 15) is 13.6 Å². The van der Waals surface area contributed by atoms with E-state index >= 15 is 0 Å². The van der Waals surface area contributed by atoms with E-state index in [-0.39, 0.29) is 36.1 Å². The molecule has 4 rings (SSSR count). The Morgan fingerprint density at radius 2 is 2.16 bits per heavy atom. The molecule has 0 aliphatic carbocycles. The van der Waals surface area contributed by atoms with Gasteiger partial charge < -0.3 is 19.2 Å². The third-order valence-electron chi connectivity index (χ3n) is 4.92. The monoisotopic (exact) mass is 461 g/mol. The molecule has 2 aromatic heterocycles. The Kier molecular flexibility index (Phi) is 6.05. The molecule has 0 fully saturated rings. The number of aromatic nitrogens is 3. The number of hydrogen-bond acceptors (Lipinski definition) is 6. The van der Waals surface area contributed by atoms with Gasteiger partial charge in [-0.3, -0.25) is 4.79 Å². The molecule has 1 amide bonds. The number of sulfonamides is 1. The van der Waals surface area contributed by atoms with Crippen LogP contribution in [0.5, 0.6) is 5.75 Å². The van der Waals surface area contributed by atoms with Crippen molar-refractivity contribution in [2.24, 2.45) is 0 Å². The molecule has 0 bridgehead atoms. The number of methoxy groups -OCH3 is 1.